The first-order valence-electron chi connectivity index (χ1n) is 6.38. The van der Waals surface area contributed by atoms with Crippen LogP contribution < -0.4 is 10.0 Å². The van der Waals surface area contributed by atoms with Gasteiger partial charge in [0, 0.05) is 0 Å². The van der Waals surface area contributed by atoms with Gasteiger partial charge in [-0.15, -0.1) is 0 Å². The molecule has 7 nitrogen and oxygen atoms in total. The van der Waals surface area contributed by atoms with Gasteiger partial charge in [-0.05, 0) is 12.5 Å². The highest BCUT2D eigenvalue weighted by atomic mass is 32.2. The average molecular weight is 312 g/mol. The van der Waals surface area contributed by atoms with Crippen molar-refractivity contribution in [3.63, 3.8) is 0 Å². The van der Waals surface area contributed by atoms with Crippen molar-refractivity contribution in [3.05, 3.63) is 35.9 Å². The number of amides is 1. The fourth-order valence-corrected chi connectivity index (χ4v) is 2.87. The quantitative estimate of drug-likeness (QED) is 0.716. The maximum Gasteiger partial charge on any atom is 0.328 e. The van der Waals surface area contributed by atoms with E-state index in [4.69, 9.17) is 4.74 Å². The van der Waals surface area contributed by atoms with Crippen molar-refractivity contribution in [2.75, 3.05) is 5.75 Å². The van der Waals surface area contributed by atoms with Crippen molar-refractivity contribution < 1.29 is 22.7 Å². The first-order chi connectivity index (χ1) is 9.87. The number of hydrogen-bond donors (Lipinski definition) is 2. The monoisotopic (exact) mass is 312 g/mol. The molecule has 1 aromatic carbocycles. The van der Waals surface area contributed by atoms with Crippen LogP contribution in [0.1, 0.15) is 12.5 Å². The van der Waals surface area contributed by atoms with Crippen LogP contribution in [0.2, 0.25) is 0 Å². The van der Waals surface area contributed by atoms with Crippen LogP contribution >= 0.6 is 0 Å². The molecule has 1 fully saturated rings. The van der Waals surface area contributed by atoms with Crippen LogP contribution in [-0.2, 0) is 31.0 Å². The highest BCUT2D eigenvalue weighted by Crippen LogP contribution is 2.06. The first kappa shape index (κ1) is 15.5. The van der Waals surface area contributed by atoms with E-state index in [1.165, 1.54) is 6.92 Å². The molecule has 0 radical (unpaired) electrons. The van der Waals surface area contributed by atoms with Crippen LogP contribution in [0.25, 0.3) is 0 Å². The Morgan fingerprint density at radius 3 is 2.57 bits per heavy atom. The van der Waals surface area contributed by atoms with E-state index in [1.807, 2.05) is 30.3 Å². The van der Waals surface area contributed by atoms with Crippen molar-refractivity contribution >= 4 is 21.9 Å². The Balaban J connectivity index is 1.76. The molecule has 2 atom stereocenters. The fraction of sp³-hybridized carbons (Fsp3) is 0.385. The summed E-state index contributed by atoms with van der Waals surface area (Å²) in [5.74, 6) is -1.37. The molecular formula is C13H16N2O5S. The van der Waals surface area contributed by atoms with E-state index in [1.54, 1.807) is 0 Å². The summed E-state index contributed by atoms with van der Waals surface area (Å²) in [6, 6.07) is 7.51. The average Bonchev–Trinajstić information content (AvgIpc) is 2.43. The summed E-state index contributed by atoms with van der Waals surface area (Å²) in [6.45, 7) is 1.61. The van der Waals surface area contributed by atoms with Gasteiger partial charge in [-0.1, -0.05) is 30.3 Å². The molecule has 0 spiro atoms. The Labute approximate surface area is 122 Å². The van der Waals surface area contributed by atoms with Gasteiger partial charge in [-0.3, -0.25) is 4.79 Å². The summed E-state index contributed by atoms with van der Waals surface area (Å²) < 4.78 is 29.0. The number of carbonyl (C=O) groups excluding carboxylic acids is 2. The Bertz CT molecular complexity index is 617. The van der Waals surface area contributed by atoms with E-state index >= 15 is 0 Å². The molecule has 1 aromatic rings. The fourth-order valence-electron chi connectivity index (χ4n) is 1.77. The molecule has 21 heavy (non-hydrogen) atoms. The zero-order valence-electron chi connectivity index (χ0n) is 11.4. The number of rotatable bonds is 5. The Hall–Kier alpha value is -1.93. The minimum absolute atomic E-state index is 0.121. The summed E-state index contributed by atoms with van der Waals surface area (Å²) in [5.41, 5.74) is 0.844. The molecule has 1 aliphatic rings. The van der Waals surface area contributed by atoms with Gasteiger partial charge in [0.25, 0.3) is 0 Å². The topological polar surface area (TPSA) is 102 Å². The molecule has 114 valence electrons. The molecular weight excluding hydrogens is 296 g/mol. The smallest absolute Gasteiger partial charge is 0.328 e. The summed E-state index contributed by atoms with van der Waals surface area (Å²) in [4.78, 5) is 23.4. The van der Waals surface area contributed by atoms with Crippen LogP contribution in [0.4, 0.5) is 0 Å². The summed E-state index contributed by atoms with van der Waals surface area (Å²) >= 11 is 0. The van der Waals surface area contributed by atoms with Crippen LogP contribution in [0.3, 0.4) is 0 Å². The van der Waals surface area contributed by atoms with Crippen molar-refractivity contribution in [1.82, 2.24) is 10.0 Å². The van der Waals surface area contributed by atoms with Crippen molar-refractivity contribution in [2.24, 2.45) is 0 Å². The molecule has 1 heterocycles. The lowest BCUT2D eigenvalue weighted by Crippen LogP contribution is -2.62. The predicted octanol–water partition coefficient (Wildman–Crippen LogP) is -0.464. The zero-order valence-corrected chi connectivity index (χ0v) is 12.2. The molecule has 1 saturated heterocycles. The minimum atomic E-state index is -3.30. The number of carbonyl (C=O) groups is 2. The highest BCUT2D eigenvalue weighted by molar-refractivity contribution is 7.91. The molecule has 0 bridgehead atoms. The standard InChI is InChI=1S/C13H16N2O5S/c1-9(14-12(16)11-8-21(18,19)15-11)13(17)20-7-10-5-3-2-4-6-10/h2-6,9,11,15H,7-8H2,1H3,(H,14,16)/t9-,11+/m1/s1. The van der Waals surface area contributed by atoms with Gasteiger partial charge in [0.1, 0.15) is 18.7 Å². The molecule has 0 aromatic heterocycles. The Kier molecular flexibility index (Phi) is 4.59. The van der Waals surface area contributed by atoms with Crippen molar-refractivity contribution in [2.45, 2.75) is 25.6 Å². The number of hydrogen-bond acceptors (Lipinski definition) is 5. The highest BCUT2D eigenvalue weighted by Gasteiger charge is 2.38. The van der Waals surface area contributed by atoms with E-state index in [9.17, 15) is 18.0 Å². The van der Waals surface area contributed by atoms with Gasteiger partial charge in [0.05, 0.1) is 5.75 Å². The zero-order chi connectivity index (χ0) is 15.5. The van der Waals surface area contributed by atoms with E-state index in [0.717, 1.165) is 5.56 Å². The lowest BCUT2D eigenvalue weighted by Gasteiger charge is -2.27. The second kappa shape index (κ2) is 6.23. The van der Waals surface area contributed by atoms with Gasteiger partial charge >= 0.3 is 5.97 Å². The van der Waals surface area contributed by atoms with Crippen LogP contribution in [-0.4, -0.2) is 38.1 Å². The summed E-state index contributed by atoms with van der Waals surface area (Å²) in [6.07, 6.45) is 0. The first-order valence-corrected chi connectivity index (χ1v) is 8.03. The molecule has 0 unspecified atom stereocenters. The van der Waals surface area contributed by atoms with Crippen LogP contribution in [0.5, 0.6) is 0 Å². The van der Waals surface area contributed by atoms with E-state index < -0.39 is 34.0 Å². The molecule has 0 saturated carbocycles. The maximum absolute atomic E-state index is 11.7. The summed E-state index contributed by atoms with van der Waals surface area (Å²) in [5, 5.41) is 2.42. The maximum atomic E-state index is 11.7. The predicted molar refractivity (Wildman–Crippen MR) is 74.6 cm³/mol. The molecule has 8 heteroatoms. The lowest BCUT2D eigenvalue weighted by molar-refractivity contribution is -0.148. The number of ether oxygens (including phenoxy) is 1. The third-order valence-corrected chi connectivity index (χ3v) is 4.38. The third kappa shape index (κ3) is 4.27. The lowest BCUT2D eigenvalue weighted by atomic mass is 10.2. The van der Waals surface area contributed by atoms with Crippen molar-refractivity contribution in [1.29, 1.82) is 0 Å². The molecule has 0 aliphatic carbocycles. The van der Waals surface area contributed by atoms with Crippen LogP contribution in [0.15, 0.2) is 30.3 Å². The molecule has 1 aliphatic heterocycles. The van der Waals surface area contributed by atoms with Gasteiger partial charge in [-0.25, -0.2) is 17.9 Å². The molecule has 2 N–H and O–H groups in total. The van der Waals surface area contributed by atoms with Crippen molar-refractivity contribution in [3.8, 4) is 0 Å². The minimum Gasteiger partial charge on any atom is -0.459 e. The summed E-state index contributed by atoms with van der Waals surface area (Å²) in [7, 11) is -3.30. The van der Waals surface area contributed by atoms with Gasteiger partial charge < -0.3 is 10.1 Å². The normalized spacial score (nSPS) is 20.9. The second-order valence-electron chi connectivity index (χ2n) is 4.78. The van der Waals surface area contributed by atoms with E-state index in [-0.39, 0.29) is 12.4 Å². The number of nitrogens with one attached hydrogen (secondary N) is 2. The van der Waals surface area contributed by atoms with Crippen LogP contribution in [0, 0.1) is 0 Å². The third-order valence-electron chi connectivity index (χ3n) is 2.96. The largest absolute Gasteiger partial charge is 0.459 e. The number of benzene rings is 1. The van der Waals surface area contributed by atoms with Gasteiger partial charge in [0.15, 0.2) is 0 Å². The van der Waals surface area contributed by atoms with Gasteiger partial charge in [0.2, 0.25) is 15.9 Å². The Morgan fingerprint density at radius 2 is 2.00 bits per heavy atom. The van der Waals surface area contributed by atoms with Gasteiger partial charge in [-0.2, -0.15) is 0 Å². The van der Waals surface area contributed by atoms with E-state index in [2.05, 4.69) is 10.0 Å². The number of esters is 1. The SMILES string of the molecule is C[C@@H](NC(=O)[C@@H]1CS(=O)(=O)N1)C(=O)OCc1ccccc1. The number of sulfonamides is 1. The Morgan fingerprint density at radius 1 is 1.38 bits per heavy atom. The molecule has 1 amide bonds. The van der Waals surface area contributed by atoms with E-state index in [0.29, 0.717) is 0 Å². The second-order valence-corrected chi connectivity index (χ2v) is 6.57. The molecule has 2 rings (SSSR count).